The number of carboxylic acid groups (broad SMARTS) is 1. The molecule has 1 atom stereocenters. The van der Waals surface area contributed by atoms with Crippen LogP contribution in [0.15, 0.2) is 42.5 Å². The van der Waals surface area contributed by atoms with Crippen LogP contribution in [0.25, 0.3) is 10.9 Å². The van der Waals surface area contributed by atoms with Crippen LogP contribution in [0.3, 0.4) is 0 Å². The molecule has 2 aromatic carbocycles. The van der Waals surface area contributed by atoms with Gasteiger partial charge in [0.05, 0.1) is 0 Å². The molecule has 0 amide bonds. The minimum absolute atomic E-state index is 0.00305. The maximum atomic E-state index is 13.4. The molecule has 0 spiro atoms. The molecule has 0 fully saturated rings. The molecule has 3 rings (SSSR count). The minimum atomic E-state index is -0.867. The van der Waals surface area contributed by atoms with Crippen LogP contribution >= 0.6 is 11.6 Å². The first-order chi connectivity index (χ1) is 16.3. The van der Waals surface area contributed by atoms with Crippen molar-refractivity contribution in [3.63, 3.8) is 0 Å². The van der Waals surface area contributed by atoms with Crippen molar-refractivity contribution in [3.8, 4) is 5.75 Å². The van der Waals surface area contributed by atoms with Gasteiger partial charge in [-0.1, -0.05) is 49.9 Å². The van der Waals surface area contributed by atoms with E-state index in [9.17, 15) is 19.8 Å². The first-order valence-electron chi connectivity index (χ1n) is 12.1. The zero-order valence-corrected chi connectivity index (χ0v) is 20.8. The highest BCUT2D eigenvalue weighted by Crippen LogP contribution is 2.32. The van der Waals surface area contributed by atoms with Crippen LogP contribution in [-0.2, 0) is 24.7 Å². The van der Waals surface area contributed by atoms with Crippen molar-refractivity contribution >= 4 is 34.3 Å². The molecule has 0 saturated carbocycles. The molecule has 0 aliphatic rings. The van der Waals surface area contributed by atoms with E-state index in [2.05, 4.69) is 4.57 Å². The van der Waals surface area contributed by atoms with E-state index >= 15 is 0 Å². The third-order valence-corrected chi connectivity index (χ3v) is 6.88. The summed E-state index contributed by atoms with van der Waals surface area (Å²) in [4.78, 5) is 24.6. The summed E-state index contributed by atoms with van der Waals surface area (Å²) in [5.41, 5.74) is 3.91. The van der Waals surface area contributed by atoms with Crippen LogP contribution in [0.5, 0.6) is 5.75 Å². The Morgan fingerprint density at radius 2 is 1.65 bits per heavy atom. The lowest BCUT2D eigenvalue weighted by Crippen LogP contribution is -2.14. The van der Waals surface area contributed by atoms with Crippen molar-refractivity contribution in [3.05, 3.63) is 64.3 Å². The van der Waals surface area contributed by atoms with Gasteiger partial charge in [-0.25, -0.2) is 0 Å². The Bertz CT molecular complexity index is 1130. The topological polar surface area (TPSA) is 79.5 Å². The summed E-state index contributed by atoms with van der Waals surface area (Å²) < 4.78 is 2.09. The normalized spacial score (nSPS) is 12.2. The maximum Gasteiger partial charge on any atom is 0.303 e. The number of aliphatic carboxylic acids is 1. The monoisotopic (exact) mass is 483 g/mol. The molecule has 0 bridgehead atoms. The van der Waals surface area contributed by atoms with Gasteiger partial charge < -0.3 is 14.8 Å². The van der Waals surface area contributed by atoms with Crippen molar-refractivity contribution in [2.75, 3.05) is 0 Å². The number of rotatable bonds is 13. The predicted octanol–water partition coefficient (Wildman–Crippen LogP) is 6.96. The van der Waals surface area contributed by atoms with Crippen molar-refractivity contribution in [1.82, 2.24) is 4.57 Å². The quantitative estimate of drug-likeness (QED) is 0.203. The van der Waals surface area contributed by atoms with Crippen LogP contribution in [0.1, 0.15) is 73.5 Å². The van der Waals surface area contributed by atoms with E-state index in [1.54, 1.807) is 12.1 Å². The fourth-order valence-corrected chi connectivity index (χ4v) is 4.86. The van der Waals surface area contributed by atoms with E-state index in [0.717, 1.165) is 55.1 Å². The summed E-state index contributed by atoms with van der Waals surface area (Å²) in [7, 11) is 1.99. The molecule has 0 aliphatic heterocycles. The number of carbonyl (C=O) groups excluding carboxylic acids is 1. The molecule has 182 valence electrons. The van der Waals surface area contributed by atoms with E-state index in [4.69, 9.17) is 11.6 Å². The fraction of sp³-hybridized carbons (Fsp3) is 0.429. The van der Waals surface area contributed by atoms with Gasteiger partial charge in [0.2, 0.25) is 0 Å². The Labute approximate surface area is 206 Å². The first kappa shape index (κ1) is 25.8. The number of halogens is 1. The third kappa shape index (κ3) is 6.63. The van der Waals surface area contributed by atoms with Gasteiger partial charge in [0.1, 0.15) is 5.75 Å². The van der Waals surface area contributed by atoms with Gasteiger partial charge in [-0.3, -0.25) is 9.59 Å². The summed E-state index contributed by atoms with van der Waals surface area (Å²) in [5, 5.41) is 20.0. The average molecular weight is 484 g/mol. The highest BCUT2D eigenvalue weighted by Gasteiger charge is 2.24. The van der Waals surface area contributed by atoms with Crippen LogP contribution in [0.2, 0.25) is 5.02 Å². The Balaban J connectivity index is 1.69. The van der Waals surface area contributed by atoms with Gasteiger partial charge in [-0.05, 0) is 67.5 Å². The zero-order chi connectivity index (χ0) is 24.7. The number of Topliss-reactive ketones (excluding diaryl/α,β-unsaturated/α-hetero) is 1. The number of nitrogens with zero attached hydrogens (tertiary/aromatic N) is 1. The van der Waals surface area contributed by atoms with E-state index < -0.39 is 5.97 Å². The molecule has 0 saturated heterocycles. The number of phenols is 1. The smallest absolute Gasteiger partial charge is 0.303 e. The van der Waals surface area contributed by atoms with E-state index in [-0.39, 0.29) is 24.5 Å². The number of ketones is 1. The van der Waals surface area contributed by atoms with Crippen LogP contribution in [-0.4, -0.2) is 26.5 Å². The number of aromatic hydroxyl groups is 1. The first-order valence-corrected chi connectivity index (χ1v) is 12.5. The fourth-order valence-electron chi connectivity index (χ4n) is 4.68. The third-order valence-electron chi connectivity index (χ3n) is 6.64. The summed E-state index contributed by atoms with van der Waals surface area (Å²) in [5.74, 6) is -0.748. The Hall–Kier alpha value is -2.79. The standard InChI is InChI=1S/C28H34ClNO4/c1-3-19(17-27(33)34)16-26(32)28-23-18-21(29)12-15-24(23)30(2)25(28)9-7-5-4-6-8-20-10-13-22(31)14-11-20/h10-15,18-19,31H,3-9,16-17H2,1-2H3,(H,33,34). The molecule has 3 aromatic rings. The van der Waals surface area contributed by atoms with Crippen LogP contribution in [0.4, 0.5) is 0 Å². The number of aryl methyl sites for hydroxylation is 2. The van der Waals surface area contributed by atoms with Crippen molar-refractivity contribution in [2.45, 2.75) is 64.7 Å². The number of aromatic nitrogens is 1. The second kappa shape index (κ2) is 12.1. The molecule has 5 nitrogen and oxygen atoms in total. The molecule has 0 aliphatic carbocycles. The van der Waals surface area contributed by atoms with Crippen molar-refractivity contribution in [1.29, 1.82) is 0 Å². The molecule has 0 radical (unpaired) electrons. The van der Waals surface area contributed by atoms with Gasteiger partial charge in [0.25, 0.3) is 0 Å². The largest absolute Gasteiger partial charge is 0.508 e. The molecule has 2 N–H and O–H groups in total. The van der Waals surface area contributed by atoms with E-state index in [1.165, 1.54) is 5.56 Å². The molecule has 34 heavy (non-hydrogen) atoms. The van der Waals surface area contributed by atoms with E-state index in [1.807, 2.05) is 44.3 Å². The number of hydrogen-bond donors (Lipinski definition) is 2. The molecule has 1 heterocycles. The SMILES string of the molecule is CCC(CC(=O)O)CC(=O)c1c(CCCCCCc2ccc(O)cc2)n(C)c2ccc(Cl)cc12. The number of carboxylic acids is 1. The van der Waals surface area contributed by atoms with Gasteiger partial charge in [-0.2, -0.15) is 0 Å². The Morgan fingerprint density at radius 1 is 0.971 bits per heavy atom. The van der Waals surface area contributed by atoms with Crippen LogP contribution in [0, 0.1) is 5.92 Å². The second-order valence-electron chi connectivity index (χ2n) is 9.12. The molecule has 1 aromatic heterocycles. The van der Waals surface area contributed by atoms with Gasteiger partial charge in [0, 0.05) is 47.1 Å². The second-order valence-corrected chi connectivity index (χ2v) is 9.56. The Kier molecular flexibility index (Phi) is 9.17. The number of hydrogen-bond acceptors (Lipinski definition) is 3. The Morgan fingerprint density at radius 3 is 2.29 bits per heavy atom. The predicted molar refractivity (Wildman–Crippen MR) is 137 cm³/mol. The summed E-state index contributed by atoms with van der Waals surface area (Å²) in [6, 6.07) is 13.0. The maximum absolute atomic E-state index is 13.4. The number of unbranched alkanes of at least 4 members (excludes halogenated alkanes) is 3. The number of fused-ring (bicyclic) bond motifs is 1. The number of benzene rings is 2. The molecule has 1 unspecified atom stereocenters. The van der Waals surface area contributed by atoms with E-state index in [0.29, 0.717) is 22.8 Å². The van der Waals surface area contributed by atoms with Crippen LogP contribution < -0.4 is 0 Å². The molecular weight excluding hydrogens is 450 g/mol. The molecular formula is C28H34ClNO4. The lowest BCUT2D eigenvalue weighted by molar-refractivity contribution is -0.138. The number of carbonyl (C=O) groups is 2. The van der Waals surface area contributed by atoms with Gasteiger partial charge in [-0.15, -0.1) is 0 Å². The van der Waals surface area contributed by atoms with Gasteiger partial charge >= 0.3 is 5.97 Å². The lowest BCUT2D eigenvalue weighted by atomic mass is 9.91. The highest BCUT2D eigenvalue weighted by atomic mass is 35.5. The number of phenolic OH excluding ortho intramolecular Hbond substituents is 1. The summed E-state index contributed by atoms with van der Waals surface area (Å²) in [6.07, 6.45) is 6.87. The minimum Gasteiger partial charge on any atom is -0.508 e. The highest BCUT2D eigenvalue weighted by molar-refractivity contribution is 6.31. The summed E-state index contributed by atoms with van der Waals surface area (Å²) >= 11 is 6.27. The van der Waals surface area contributed by atoms with Crippen molar-refractivity contribution < 1.29 is 19.8 Å². The van der Waals surface area contributed by atoms with Crippen molar-refractivity contribution in [2.24, 2.45) is 13.0 Å². The average Bonchev–Trinajstić information content (AvgIpc) is 3.07. The van der Waals surface area contributed by atoms with Gasteiger partial charge in [0.15, 0.2) is 5.78 Å². The zero-order valence-electron chi connectivity index (χ0n) is 20.0. The lowest BCUT2D eigenvalue weighted by Gasteiger charge is -2.13. The summed E-state index contributed by atoms with van der Waals surface area (Å²) in [6.45, 7) is 1.93. The molecule has 6 heteroatoms.